The molecule has 1 saturated heterocycles. The lowest BCUT2D eigenvalue weighted by molar-refractivity contribution is 0.120. The third kappa shape index (κ3) is 4.07. The van der Waals surface area contributed by atoms with Crippen LogP contribution in [-0.4, -0.2) is 29.2 Å². The zero-order valence-corrected chi connectivity index (χ0v) is 12.8. The van der Waals surface area contributed by atoms with E-state index in [1.807, 2.05) is 0 Å². The van der Waals surface area contributed by atoms with Crippen LogP contribution in [0.2, 0.25) is 0 Å². The molecule has 7 heteroatoms. The van der Waals surface area contributed by atoms with Gasteiger partial charge in [0, 0.05) is 19.7 Å². The van der Waals surface area contributed by atoms with Crippen LogP contribution in [0.15, 0.2) is 30.6 Å². The molecular formula is C16H20FN5O. The van der Waals surface area contributed by atoms with Gasteiger partial charge in [-0.05, 0) is 30.5 Å². The first-order chi connectivity index (χ1) is 11.2. The number of nitrogens with one attached hydrogen (secondary N) is 2. The van der Waals surface area contributed by atoms with Gasteiger partial charge in [0.2, 0.25) is 0 Å². The van der Waals surface area contributed by atoms with Crippen LogP contribution in [0.3, 0.4) is 0 Å². The Morgan fingerprint density at radius 1 is 1.17 bits per heavy atom. The monoisotopic (exact) mass is 317 g/mol. The zero-order chi connectivity index (χ0) is 16.1. The predicted molar refractivity (Wildman–Crippen MR) is 87.6 cm³/mol. The normalized spacial score (nSPS) is 17.2. The second-order valence-corrected chi connectivity index (χ2v) is 5.48. The number of aromatic nitrogens is 2. The number of anilines is 3. The third-order valence-electron chi connectivity index (χ3n) is 3.78. The van der Waals surface area contributed by atoms with E-state index in [2.05, 4.69) is 20.6 Å². The first-order valence-electron chi connectivity index (χ1n) is 7.66. The van der Waals surface area contributed by atoms with Gasteiger partial charge >= 0.3 is 0 Å². The van der Waals surface area contributed by atoms with Crippen molar-refractivity contribution in [1.82, 2.24) is 9.97 Å². The lowest BCUT2D eigenvalue weighted by atomic mass is 10.2. The van der Waals surface area contributed by atoms with Crippen molar-refractivity contribution in [2.45, 2.75) is 25.5 Å². The van der Waals surface area contributed by atoms with E-state index >= 15 is 0 Å². The molecule has 1 aliphatic heterocycles. The summed E-state index contributed by atoms with van der Waals surface area (Å²) in [4.78, 5) is 8.33. The van der Waals surface area contributed by atoms with Crippen molar-refractivity contribution in [2.75, 3.05) is 29.5 Å². The summed E-state index contributed by atoms with van der Waals surface area (Å²) < 4.78 is 18.5. The van der Waals surface area contributed by atoms with Gasteiger partial charge in [0.1, 0.15) is 17.8 Å². The molecule has 1 aliphatic rings. The fourth-order valence-corrected chi connectivity index (χ4v) is 2.48. The van der Waals surface area contributed by atoms with Crippen molar-refractivity contribution in [3.05, 3.63) is 42.0 Å². The van der Waals surface area contributed by atoms with Gasteiger partial charge in [0.15, 0.2) is 11.6 Å². The largest absolute Gasteiger partial charge is 0.393 e. The third-order valence-corrected chi connectivity index (χ3v) is 3.78. The van der Waals surface area contributed by atoms with Crippen LogP contribution in [0.1, 0.15) is 18.4 Å². The standard InChI is InChI=1S/C16H20FN5O/c17-12-5-3-11(4-6-12)8-19-15-14(18)16(22-10-21-15)20-9-13-2-1-7-23-13/h3-6,10,13H,1-2,7-9,18H2,(H2,19,20,21,22). The molecule has 2 heterocycles. The molecule has 4 N–H and O–H groups in total. The fraction of sp³-hybridized carbons (Fsp3) is 0.375. The SMILES string of the molecule is Nc1c(NCc2ccc(F)cc2)ncnc1NCC1CCCO1. The maximum atomic E-state index is 12.9. The summed E-state index contributed by atoms with van der Waals surface area (Å²) in [6.07, 6.45) is 3.81. The van der Waals surface area contributed by atoms with E-state index in [4.69, 9.17) is 10.5 Å². The van der Waals surface area contributed by atoms with Crippen molar-refractivity contribution >= 4 is 17.3 Å². The number of ether oxygens (including phenoxy) is 1. The molecule has 6 nitrogen and oxygen atoms in total. The van der Waals surface area contributed by atoms with Crippen LogP contribution in [0, 0.1) is 5.82 Å². The number of benzene rings is 1. The van der Waals surface area contributed by atoms with E-state index in [0.29, 0.717) is 30.4 Å². The molecular weight excluding hydrogens is 297 g/mol. The Hall–Kier alpha value is -2.41. The molecule has 1 fully saturated rings. The minimum Gasteiger partial charge on any atom is -0.393 e. The molecule has 1 unspecified atom stereocenters. The molecule has 3 rings (SSSR count). The average Bonchev–Trinajstić information content (AvgIpc) is 3.08. The van der Waals surface area contributed by atoms with Crippen LogP contribution >= 0.6 is 0 Å². The first-order valence-corrected chi connectivity index (χ1v) is 7.66. The second kappa shape index (κ2) is 7.23. The van der Waals surface area contributed by atoms with Gasteiger partial charge < -0.3 is 21.1 Å². The molecule has 122 valence electrons. The first kappa shape index (κ1) is 15.5. The van der Waals surface area contributed by atoms with Gasteiger partial charge in [-0.15, -0.1) is 0 Å². The smallest absolute Gasteiger partial charge is 0.155 e. The molecule has 0 saturated carbocycles. The Morgan fingerprint density at radius 2 is 1.91 bits per heavy atom. The number of nitrogen functional groups attached to an aromatic ring is 1. The fourth-order valence-electron chi connectivity index (χ4n) is 2.48. The number of nitrogens with zero attached hydrogens (tertiary/aromatic N) is 2. The maximum Gasteiger partial charge on any atom is 0.155 e. The summed E-state index contributed by atoms with van der Waals surface area (Å²) in [7, 11) is 0. The molecule has 1 aromatic heterocycles. The van der Waals surface area contributed by atoms with Gasteiger partial charge in [0.25, 0.3) is 0 Å². The van der Waals surface area contributed by atoms with E-state index in [0.717, 1.165) is 25.0 Å². The van der Waals surface area contributed by atoms with Crippen molar-refractivity contribution < 1.29 is 9.13 Å². The number of halogens is 1. The quantitative estimate of drug-likeness (QED) is 0.758. The summed E-state index contributed by atoms with van der Waals surface area (Å²) in [5.41, 5.74) is 7.51. The Bertz CT molecular complexity index is 643. The van der Waals surface area contributed by atoms with E-state index < -0.39 is 0 Å². The molecule has 0 aliphatic carbocycles. The van der Waals surface area contributed by atoms with E-state index in [1.54, 1.807) is 12.1 Å². The average molecular weight is 317 g/mol. The Kier molecular flexibility index (Phi) is 4.87. The predicted octanol–water partition coefficient (Wildman–Crippen LogP) is 2.40. The molecule has 1 aromatic carbocycles. The van der Waals surface area contributed by atoms with Crippen molar-refractivity contribution in [1.29, 1.82) is 0 Å². The zero-order valence-electron chi connectivity index (χ0n) is 12.8. The van der Waals surface area contributed by atoms with E-state index in [9.17, 15) is 4.39 Å². The van der Waals surface area contributed by atoms with Gasteiger partial charge in [-0.25, -0.2) is 14.4 Å². The van der Waals surface area contributed by atoms with Gasteiger partial charge in [0.05, 0.1) is 6.10 Å². The summed E-state index contributed by atoms with van der Waals surface area (Å²) in [6, 6.07) is 6.29. The lowest BCUT2D eigenvalue weighted by Crippen LogP contribution is -2.20. The van der Waals surface area contributed by atoms with E-state index in [1.165, 1.54) is 18.5 Å². The van der Waals surface area contributed by atoms with E-state index in [-0.39, 0.29) is 11.9 Å². The molecule has 0 bridgehead atoms. The van der Waals surface area contributed by atoms with Crippen LogP contribution in [0.5, 0.6) is 0 Å². The van der Waals surface area contributed by atoms with Crippen LogP contribution in [0.4, 0.5) is 21.7 Å². The highest BCUT2D eigenvalue weighted by molar-refractivity contribution is 5.74. The topological polar surface area (TPSA) is 85.1 Å². The lowest BCUT2D eigenvalue weighted by Gasteiger charge is -2.14. The summed E-state index contributed by atoms with van der Waals surface area (Å²) in [6.45, 7) is 2.00. The Balaban J connectivity index is 1.60. The highest BCUT2D eigenvalue weighted by atomic mass is 19.1. The number of hydrogen-bond acceptors (Lipinski definition) is 6. The molecule has 23 heavy (non-hydrogen) atoms. The number of rotatable bonds is 6. The van der Waals surface area contributed by atoms with Crippen molar-refractivity contribution in [2.24, 2.45) is 0 Å². The summed E-state index contributed by atoms with van der Waals surface area (Å²) in [5, 5.41) is 6.36. The maximum absolute atomic E-state index is 12.9. The van der Waals surface area contributed by atoms with Crippen LogP contribution in [0.25, 0.3) is 0 Å². The Labute approximate surface area is 134 Å². The second-order valence-electron chi connectivity index (χ2n) is 5.48. The number of hydrogen-bond donors (Lipinski definition) is 3. The minimum atomic E-state index is -0.254. The molecule has 0 amide bonds. The van der Waals surface area contributed by atoms with Gasteiger partial charge in [-0.3, -0.25) is 0 Å². The Morgan fingerprint density at radius 3 is 2.61 bits per heavy atom. The molecule has 2 aromatic rings. The van der Waals surface area contributed by atoms with Crippen LogP contribution in [-0.2, 0) is 11.3 Å². The summed E-state index contributed by atoms with van der Waals surface area (Å²) in [5.74, 6) is 0.896. The molecule has 0 spiro atoms. The van der Waals surface area contributed by atoms with Gasteiger partial charge in [-0.1, -0.05) is 12.1 Å². The molecule has 0 radical (unpaired) electrons. The molecule has 1 atom stereocenters. The highest BCUT2D eigenvalue weighted by Crippen LogP contribution is 2.23. The highest BCUT2D eigenvalue weighted by Gasteiger charge is 2.16. The van der Waals surface area contributed by atoms with Crippen molar-refractivity contribution in [3.8, 4) is 0 Å². The number of nitrogens with two attached hydrogens (primary N) is 1. The van der Waals surface area contributed by atoms with Crippen LogP contribution < -0.4 is 16.4 Å². The van der Waals surface area contributed by atoms with Crippen molar-refractivity contribution in [3.63, 3.8) is 0 Å². The minimum absolute atomic E-state index is 0.208. The summed E-state index contributed by atoms with van der Waals surface area (Å²) >= 11 is 0. The van der Waals surface area contributed by atoms with Gasteiger partial charge in [-0.2, -0.15) is 0 Å².